The molecule has 1 aromatic heterocycles. The van der Waals surface area contributed by atoms with Gasteiger partial charge in [0.15, 0.2) is 0 Å². The Bertz CT molecular complexity index is 242. The standard InChI is InChI=1S/C8H11N2/c1-3-4-5-10-7-6-9(2)8-10/h1,6-8H,4-5H2,2H3/q+1. The molecule has 2 heteroatoms. The Kier molecular flexibility index (Phi) is 2.11. The molecule has 0 radical (unpaired) electrons. The summed E-state index contributed by atoms with van der Waals surface area (Å²) in [7, 11) is 1.99. The topological polar surface area (TPSA) is 8.81 Å². The van der Waals surface area contributed by atoms with E-state index in [1.165, 1.54) is 0 Å². The monoisotopic (exact) mass is 135 g/mol. The van der Waals surface area contributed by atoms with E-state index in [2.05, 4.69) is 10.5 Å². The average Bonchev–Trinajstić information content (AvgIpc) is 2.31. The van der Waals surface area contributed by atoms with Crippen molar-refractivity contribution in [2.45, 2.75) is 13.0 Å². The van der Waals surface area contributed by atoms with Crippen LogP contribution in [0.25, 0.3) is 0 Å². The Morgan fingerprint density at radius 3 is 3.00 bits per heavy atom. The first-order chi connectivity index (χ1) is 4.83. The molecule has 0 unspecified atom stereocenters. The highest BCUT2D eigenvalue weighted by Crippen LogP contribution is 1.86. The van der Waals surface area contributed by atoms with Gasteiger partial charge in [-0.3, -0.25) is 0 Å². The van der Waals surface area contributed by atoms with E-state index >= 15 is 0 Å². The molecule has 0 saturated carbocycles. The van der Waals surface area contributed by atoms with Gasteiger partial charge in [-0.25, -0.2) is 9.13 Å². The fraction of sp³-hybridized carbons (Fsp3) is 0.375. The maximum atomic E-state index is 5.11. The third kappa shape index (κ3) is 1.63. The lowest BCUT2D eigenvalue weighted by Gasteiger charge is -1.86. The summed E-state index contributed by atoms with van der Waals surface area (Å²) < 4.78 is 4.07. The maximum Gasteiger partial charge on any atom is 0.243 e. The normalized spacial score (nSPS) is 9.20. The third-order valence-corrected chi connectivity index (χ3v) is 1.34. The van der Waals surface area contributed by atoms with Crippen molar-refractivity contribution < 1.29 is 4.57 Å². The van der Waals surface area contributed by atoms with E-state index in [-0.39, 0.29) is 0 Å². The summed E-state index contributed by atoms with van der Waals surface area (Å²) in [4.78, 5) is 0. The molecule has 0 spiro atoms. The zero-order chi connectivity index (χ0) is 7.40. The Labute approximate surface area is 61.1 Å². The highest BCUT2D eigenvalue weighted by molar-refractivity contribution is 4.83. The van der Waals surface area contributed by atoms with Crippen molar-refractivity contribution in [1.82, 2.24) is 4.57 Å². The number of terminal acetylenes is 1. The van der Waals surface area contributed by atoms with E-state index in [9.17, 15) is 0 Å². The second kappa shape index (κ2) is 3.07. The molecule has 0 aliphatic heterocycles. The first kappa shape index (κ1) is 6.88. The summed E-state index contributed by atoms with van der Waals surface area (Å²) in [5.41, 5.74) is 0. The van der Waals surface area contributed by atoms with Crippen LogP contribution >= 0.6 is 0 Å². The van der Waals surface area contributed by atoms with Crippen molar-refractivity contribution in [1.29, 1.82) is 0 Å². The molecule has 0 bridgehead atoms. The van der Waals surface area contributed by atoms with Crippen molar-refractivity contribution >= 4 is 0 Å². The molecule has 0 fully saturated rings. The van der Waals surface area contributed by atoms with Gasteiger partial charge >= 0.3 is 0 Å². The molecule has 1 rings (SSSR count). The lowest BCUT2D eigenvalue weighted by atomic mass is 10.4. The van der Waals surface area contributed by atoms with E-state index in [1.807, 2.05) is 30.3 Å². The van der Waals surface area contributed by atoms with Gasteiger partial charge in [-0.05, 0) is 0 Å². The molecule has 0 aromatic carbocycles. The minimum Gasteiger partial charge on any atom is -0.240 e. The summed E-state index contributed by atoms with van der Waals surface area (Å²) in [6.07, 6.45) is 11.9. The molecule has 52 valence electrons. The van der Waals surface area contributed by atoms with E-state index < -0.39 is 0 Å². The van der Waals surface area contributed by atoms with Crippen LogP contribution in [-0.4, -0.2) is 4.57 Å². The Morgan fingerprint density at radius 2 is 2.50 bits per heavy atom. The van der Waals surface area contributed by atoms with Crippen molar-refractivity contribution in [3.05, 3.63) is 18.7 Å². The van der Waals surface area contributed by atoms with Gasteiger partial charge in [0.2, 0.25) is 6.33 Å². The minimum absolute atomic E-state index is 0.800. The average molecular weight is 135 g/mol. The van der Waals surface area contributed by atoms with E-state index in [0.29, 0.717) is 0 Å². The highest BCUT2D eigenvalue weighted by atomic mass is 15.1. The molecule has 1 aromatic rings. The number of imidazole rings is 1. The number of aromatic nitrogens is 2. The van der Waals surface area contributed by atoms with E-state index in [1.54, 1.807) is 0 Å². The second-order valence-electron chi connectivity index (χ2n) is 2.27. The lowest BCUT2D eigenvalue weighted by Crippen LogP contribution is -2.23. The molecule has 0 aliphatic rings. The molecular formula is C8H11N2+. The Hall–Kier alpha value is -1.23. The number of rotatable bonds is 2. The number of hydrogen-bond acceptors (Lipinski definition) is 0. The molecule has 1 heterocycles. The largest absolute Gasteiger partial charge is 0.243 e. The van der Waals surface area contributed by atoms with Gasteiger partial charge in [-0.1, -0.05) is 0 Å². The molecule has 10 heavy (non-hydrogen) atoms. The summed E-state index contributed by atoms with van der Waals surface area (Å²) in [5, 5.41) is 0. The van der Waals surface area contributed by atoms with Crippen molar-refractivity contribution in [3.8, 4) is 12.3 Å². The summed E-state index contributed by atoms with van der Waals surface area (Å²) >= 11 is 0. The predicted molar refractivity (Wildman–Crippen MR) is 39.1 cm³/mol. The van der Waals surface area contributed by atoms with Gasteiger partial charge in [-0.15, -0.1) is 12.3 Å². The molecule has 2 nitrogen and oxygen atoms in total. The van der Waals surface area contributed by atoms with Crippen LogP contribution in [0.1, 0.15) is 6.42 Å². The summed E-state index contributed by atoms with van der Waals surface area (Å²) in [5.74, 6) is 2.60. The highest BCUT2D eigenvalue weighted by Gasteiger charge is 1.95. The zero-order valence-electron chi connectivity index (χ0n) is 6.12. The SMILES string of the molecule is C#CCCn1cc[n+](C)c1. The van der Waals surface area contributed by atoms with Gasteiger partial charge in [0.1, 0.15) is 18.9 Å². The van der Waals surface area contributed by atoms with Crippen molar-refractivity contribution in [2.24, 2.45) is 7.05 Å². The third-order valence-electron chi connectivity index (χ3n) is 1.34. The maximum absolute atomic E-state index is 5.11. The van der Waals surface area contributed by atoms with Gasteiger partial charge < -0.3 is 0 Å². The second-order valence-corrected chi connectivity index (χ2v) is 2.27. The van der Waals surface area contributed by atoms with Crippen molar-refractivity contribution in [2.75, 3.05) is 0 Å². The smallest absolute Gasteiger partial charge is 0.240 e. The molecule has 0 aliphatic carbocycles. The van der Waals surface area contributed by atoms with Gasteiger partial charge in [0, 0.05) is 6.42 Å². The van der Waals surface area contributed by atoms with E-state index in [0.717, 1.165) is 13.0 Å². The lowest BCUT2D eigenvalue weighted by molar-refractivity contribution is -0.671. The molecule has 0 amide bonds. The fourth-order valence-electron chi connectivity index (χ4n) is 0.828. The molecule has 0 atom stereocenters. The predicted octanol–water partition coefficient (Wildman–Crippen LogP) is 0.336. The van der Waals surface area contributed by atoms with Crippen molar-refractivity contribution in [3.63, 3.8) is 0 Å². The zero-order valence-corrected chi connectivity index (χ0v) is 6.12. The van der Waals surface area contributed by atoms with Gasteiger partial charge in [0.25, 0.3) is 0 Å². The minimum atomic E-state index is 0.800. The number of aryl methyl sites for hydroxylation is 2. The fourth-order valence-corrected chi connectivity index (χ4v) is 0.828. The van der Waals surface area contributed by atoms with Crippen LogP contribution in [0.2, 0.25) is 0 Å². The van der Waals surface area contributed by atoms with Crippen LogP contribution in [0.4, 0.5) is 0 Å². The first-order valence-corrected chi connectivity index (χ1v) is 3.27. The van der Waals surface area contributed by atoms with Crippen LogP contribution in [0.3, 0.4) is 0 Å². The Morgan fingerprint density at radius 1 is 1.70 bits per heavy atom. The molecule has 0 N–H and O–H groups in total. The van der Waals surface area contributed by atoms with Gasteiger partial charge in [-0.2, -0.15) is 0 Å². The van der Waals surface area contributed by atoms with Crippen LogP contribution in [0.5, 0.6) is 0 Å². The van der Waals surface area contributed by atoms with Crippen LogP contribution in [0.15, 0.2) is 18.7 Å². The number of hydrogen-bond donors (Lipinski definition) is 0. The first-order valence-electron chi connectivity index (χ1n) is 3.27. The van der Waals surface area contributed by atoms with Crippen LogP contribution < -0.4 is 4.57 Å². The summed E-state index contributed by atoms with van der Waals surface area (Å²) in [6.45, 7) is 0.914. The number of nitrogens with zero attached hydrogens (tertiary/aromatic N) is 2. The van der Waals surface area contributed by atoms with Crippen LogP contribution in [-0.2, 0) is 13.6 Å². The quantitative estimate of drug-likeness (QED) is 0.408. The van der Waals surface area contributed by atoms with Crippen LogP contribution in [0, 0.1) is 12.3 Å². The molecular weight excluding hydrogens is 124 g/mol. The van der Waals surface area contributed by atoms with E-state index in [4.69, 9.17) is 6.42 Å². The molecule has 0 saturated heterocycles. The Balaban J connectivity index is 2.52. The van der Waals surface area contributed by atoms with Gasteiger partial charge in [0.05, 0.1) is 7.05 Å². The summed E-state index contributed by atoms with van der Waals surface area (Å²) in [6, 6.07) is 0.